The molecular weight excluding hydrogens is 182 g/mol. The Morgan fingerprint density at radius 1 is 1.43 bits per heavy atom. The Bertz CT molecular complexity index is 484. The molecular formula is C9H7N3O2. The van der Waals surface area contributed by atoms with Crippen LogP contribution in [0.25, 0.3) is 11.2 Å². The Labute approximate surface area is 79.8 Å². The van der Waals surface area contributed by atoms with Crippen LogP contribution in [0.15, 0.2) is 24.5 Å². The molecule has 0 spiro atoms. The minimum Gasteiger partial charge on any atom is -0.464 e. The lowest BCUT2D eigenvalue weighted by Crippen LogP contribution is -2.05. The normalized spacial score (nSPS) is 10.1. The number of carbonyl (C=O) groups is 1. The molecule has 2 aromatic heterocycles. The minimum atomic E-state index is -0.509. The standard InChI is InChI=1S/C9H7N3O2/c1-14-9(13)7-5-11-6-3-2-4-10-8(6)12-7/h2-5H,1H3. The van der Waals surface area contributed by atoms with Crippen molar-refractivity contribution >= 4 is 17.1 Å². The summed E-state index contributed by atoms with van der Waals surface area (Å²) in [5.41, 5.74) is 1.26. The minimum absolute atomic E-state index is 0.165. The van der Waals surface area contributed by atoms with E-state index >= 15 is 0 Å². The third kappa shape index (κ3) is 1.39. The van der Waals surface area contributed by atoms with Gasteiger partial charge in [0.1, 0.15) is 5.52 Å². The summed E-state index contributed by atoms with van der Waals surface area (Å²) >= 11 is 0. The smallest absolute Gasteiger partial charge is 0.358 e. The van der Waals surface area contributed by atoms with Crippen molar-refractivity contribution in [1.82, 2.24) is 15.0 Å². The highest BCUT2D eigenvalue weighted by atomic mass is 16.5. The van der Waals surface area contributed by atoms with Gasteiger partial charge in [-0.1, -0.05) is 0 Å². The first-order chi connectivity index (χ1) is 6.81. The molecule has 0 amide bonds. The van der Waals surface area contributed by atoms with Gasteiger partial charge in [0.25, 0.3) is 0 Å². The number of ether oxygens (including phenoxy) is 1. The van der Waals surface area contributed by atoms with Gasteiger partial charge in [0, 0.05) is 6.20 Å². The van der Waals surface area contributed by atoms with Crippen molar-refractivity contribution in [2.24, 2.45) is 0 Å². The molecule has 2 rings (SSSR count). The van der Waals surface area contributed by atoms with Gasteiger partial charge in [-0.3, -0.25) is 4.98 Å². The molecule has 0 bridgehead atoms. The lowest BCUT2D eigenvalue weighted by Gasteiger charge is -1.98. The predicted octanol–water partition coefficient (Wildman–Crippen LogP) is 0.811. The van der Waals surface area contributed by atoms with E-state index in [9.17, 15) is 4.79 Å². The van der Waals surface area contributed by atoms with Crippen molar-refractivity contribution < 1.29 is 9.53 Å². The maximum Gasteiger partial charge on any atom is 0.358 e. The van der Waals surface area contributed by atoms with Gasteiger partial charge in [0.2, 0.25) is 0 Å². The summed E-state index contributed by atoms with van der Waals surface area (Å²) in [5.74, 6) is -0.509. The zero-order valence-electron chi connectivity index (χ0n) is 7.47. The molecule has 5 heteroatoms. The number of aromatic nitrogens is 3. The second-order valence-electron chi connectivity index (χ2n) is 2.59. The number of fused-ring (bicyclic) bond motifs is 1. The van der Waals surface area contributed by atoms with Gasteiger partial charge in [-0.25, -0.2) is 14.8 Å². The summed E-state index contributed by atoms with van der Waals surface area (Å²) in [5, 5.41) is 0. The third-order valence-corrected chi connectivity index (χ3v) is 1.71. The van der Waals surface area contributed by atoms with E-state index in [1.165, 1.54) is 13.3 Å². The second kappa shape index (κ2) is 3.37. The van der Waals surface area contributed by atoms with E-state index in [2.05, 4.69) is 19.7 Å². The largest absolute Gasteiger partial charge is 0.464 e. The summed E-state index contributed by atoms with van der Waals surface area (Å²) in [6.45, 7) is 0. The van der Waals surface area contributed by atoms with E-state index in [1.54, 1.807) is 18.3 Å². The van der Waals surface area contributed by atoms with Crippen molar-refractivity contribution in [3.63, 3.8) is 0 Å². The van der Waals surface area contributed by atoms with E-state index in [-0.39, 0.29) is 5.69 Å². The molecule has 0 aliphatic carbocycles. The number of methoxy groups -OCH3 is 1. The van der Waals surface area contributed by atoms with Crippen LogP contribution in [-0.2, 0) is 4.74 Å². The molecule has 0 aromatic carbocycles. The Morgan fingerprint density at radius 2 is 2.29 bits per heavy atom. The first kappa shape index (κ1) is 8.55. The van der Waals surface area contributed by atoms with Crippen molar-refractivity contribution in [3.05, 3.63) is 30.2 Å². The van der Waals surface area contributed by atoms with Crippen LogP contribution in [0.5, 0.6) is 0 Å². The highest BCUT2D eigenvalue weighted by Crippen LogP contribution is 2.05. The monoisotopic (exact) mass is 189 g/mol. The Balaban J connectivity index is 2.56. The number of rotatable bonds is 1. The maximum atomic E-state index is 11.1. The lowest BCUT2D eigenvalue weighted by atomic mass is 10.4. The fourth-order valence-corrected chi connectivity index (χ4v) is 1.05. The van der Waals surface area contributed by atoms with Crippen molar-refractivity contribution in [1.29, 1.82) is 0 Å². The zero-order chi connectivity index (χ0) is 9.97. The maximum absolute atomic E-state index is 11.1. The topological polar surface area (TPSA) is 65.0 Å². The van der Waals surface area contributed by atoms with Crippen LogP contribution < -0.4 is 0 Å². The molecule has 0 fully saturated rings. The summed E-state index contributed by atoms with van der Waals surface area (Å²) in [6, 6.07) is 3.53. The summed E-state index contributed by atoms with van der Waals surface area (Å²) in [6.07, 6.45) is 2.97. The van der Waals surface area contributed by atoms with Crippen molar-refractivity contribution in [2.45, 2.75) is 0 Å². The van der Waals surface area contributed by atoms with E-state index in [0.29, 0.717) is 11.2 Å². The first-order valence-corrected chi connectivity index (χ1v) is 3.97. The van der Waals surface area contributed by atoms with Gasteiger partial charge in [-0.05, 0) is 12.1 Å². The SMILES string of the molecule is COC(=O)c1cnc2cccnc2n1. The molecule has 70 valence electrons. The van der Waals surface area contributed by atoms with Crippen molar-refractivity contribution in [3.8, 4) is 0 Å². The fraction of sp³-hybridized carbons (Fsp3) is 0.111. The zero-order valence-corrected chi connectivity index (χ0v) is 7.47. The Hall–Kier alpha value is -2.04. The quantitative estimate of drug-likeness (QED) is 0.621. The molecule has 0 saturated carbocycles. The molecule has 0 N–H and O–H groups in total. The van der Waals surface area contributed by atoms with Gasteiger partial charge in [0.05, 0.1) is 13.3 Å². The molecule has 0 aliphatic rings. The molecule has 0 aliphatic heterocycles. The molecule has 2 aromatic rings. The molecule has 14 heavy (non-hydrogen) atoms. The third-order valence-electron chi connectivity index (χ3n) is 1.71. The van der Waals surface area contributed by atoms with Gasteiger partial charge >= 0.3 is 5.97 Å². The summed E-state index contributed by atoms with van der Waals surface area (Å²) in [7, 11) is 1.30. The first-order valence-electron chi connectivity index (χ1n) is 3.97. The average Bonchev–Trinajstić information content (AvgIpc) is 2.27. The number of pyridine rings is 1. The van der Waals surface area contributed by atoms with Gasteiger partial charge in [-0.15, -0.1) is 0 Å². The second-order valence-corrected chi connectivity index (χ2v) is 2.59. The number of esters is 1. The van der Waals surface area contributed by atoms with Crippen LogP contribution in [0.2, 0.25) is 0 Å². The van der Waals surface area contributed by atoms with Gasteiger partial charge in [0.15, 0.2) is 11.3 Å². The van der Waals surface area contributed by atoms with Gasteiger partial charge in [-0.2, -0.15) is 0 Å². The molecule has 0 atom stereocenters. The van der Waals surface area contributed by atoms with Gasteiger partial charge < -0.3 is 4.74 Å². The molecule has 0 unspecified atom stereocenters. The Kier molecular flexibility index (Phi) is 2.06. The molecule has 2 heterocycles. The van der Waals surface area contributed by atoms with E-state index in [0.717, 1.165) is 0 Å². The van der Waals surface area contributed by atoms with E-state index in [1.807, 2.05) is 0 Å². The Morgan fingerprint density at radius 3 is 3.07 bits per heavy atom. The van der Waals surface area contributed by atoms with Crippen LogP contribution in [0.4, 0.5) is 0 Å². The number of hydrogen-bond donors (Lipinski definition) is 0. The van der Waals surface area contributed by atoms with Crippen LogP contribution in [0.1, 0.15) is 10.5 Å². The molecule has 0 saturated heterocycles. The van der Waals surface area contributed by atoms with E-state index in [4.69, 9.17) is 0 Å². The van der Waals surface area contributed by atoms with E-state index < -0.39 is 5.97 Å². The number of nitrogens with zero attached hydrogens (tertiary/aromatic N) is 3. The summed E-state index contributed by atoms with van der Waals surface area (Å²) < 4.78 is 4.52. The number of carbonyl (C=O) groups excluding carboxylic acids is 1. The lowest BCUT2D eigenvalue weighted by molar-refractivity contribution is 0.0594. The van der Waals surface area contributed by atoms with Crippen LogP contribution in [0.3, 0.4) is 0 Å². The predicted molar refractivity (Wildman–Crippen MR) is 48.7 cm³/mol. The molecule has 0 radical (unpaired) electrons. The van der Waals surface area contributed by atoms with Crippen LogP contribution in [-0.4, -0.2) is 28.0 Å². The number of hydrogen-bond acceptors (Lipinski definition) is 5. The van der Waals surface area contributed by atoms with Crippen LogP contribution >= 0.6 is 0 Å². The van der Waals surface area contributed by atoms with Crippen LogP contribution in [0, 0.1) is 0 Å². The van der Waals surface area contributed by atoms with Crippen molar-refractivity contribution in [2.75, 3.05) is 7.11 Å². The molecule has 5 nitrogen and oxygen atoms in total. The fourth-order valence-electron chi connectivity index (χ4n) is 1.05. The highest BCUT2D eigenvalue weighted by Gasteiger charge is 2.08. The highest BCUT2D eigenvalue weighted by molar-refractivity contribution is 5.88. The average molecular weight is 189 g/mol. The summed E-state index contributed by atoms with van der Waals surface area (Å²) in [4.78, 5) is 23.1.